The van der Waals surface area contributed by atoms with Gasteiger partial charge in [0, 0.05) is 5.92 Å². The van der Waals surface area contributed by atoms with Gasteiger partial charge in [0.25, 0.3) is 0 Å². The number of hydrogen-bond donors (Lipinski definition) is 0. The van der Waals surface area contributed by atoms with Gasteiger partial charge in [-0.1, -0.05) is 78.3 Å². The molecule has 2 nitrogen and oxygen atoms in total. The number of allylic oxidation sites excluding steroid dienone is 1. The molecule has 1 aromatic carbocycles. The third-order valence-corrected chi connectivity index (χ3v) is 6.30. The van der Waals surface area contributed by atoms with Crippen LogP contribution in [0.4, 0.5) is 0 Å². The molecule has 0 fully saturated rings. The first-order valence-electron chi connectivity index (χ1n) is 10.7. The van der Waals surface area contributed by atoms with Crippen LogP contribution in [0.25, 0.3) is 0 Å². The topological polar surface area (TPSA) is 21.6 Å². The molecule has 0 amide bonds. The number of nitrogens with zero attached hydrogens (tertiary/aromatic N) is 1. The van der Waals surface area contributed by atoms with Gasteiger partial charge in [0.2, 0.25) is 0 Å². The summed E-state index contributed by atoms with van der Waals surface area (Å²) in [6.45, 7) is 20.0. The Morgan fingerprint density at radius 1 is 1.04 bits per heavy atom. The van der Waals surface area contributed by atoms with E-state index in [1.165, 1.54) is 24.0 Å². The molecule has 0 aromatic heterocycles. The highest BCUT2D eigenvalue weighted by Gasteiger charge is 2.37. The lowest BCUT2D eigenvalue weighted by Gasteiger charge is -2.42. The molecule has 0 saturated carbocycles. The molecular weight excluding hydrogens is 330 g/mol. The Morgan fingerprint density at radius 2 is 1.59 bits per heavy atom. The Hall–Kier alpha value is -1.57. The average Bonchev–Trinajstić information content (AvgIpc) is 2.63. The lowest BCUT2D eigenvalue weighted by molar-refractivity contribution is 0.181. The van der Waals surface area contributed by atoms with E-state index >= 15 is 0 Å². The largest absolute Gasteiger partial charge is 0.362 e. The summed E-state index contributed by atoms with van der Waals surface area (Å²) in [6.07, 6.45) is 6.97. The normalized spacial score (nSPS) is 18.3. The number of hydrogen-bond acceptors (Lipinski definition) is 2. The van der Waals surface area contributed by atoms with E-state index in [1.54, 1.807) is 0 Å². The van der Waals surface area contributed by atoms with Crippen LogP contribution in [-0.2, 0) is 15.7 Å². The molecule has 1 aromatic rings. The maximum absolute atomic E-state index is 5.76. The zero-order chi connectivity index (χ0) is 20.2. The molecular formula is C25H39NO. The van der Waals surface area contributed by atoms with Crippen molar-refractivity contribution < 1.29 is 4.84 Å². The molecule has 0 spiro atoms. The van der Waals surface area contributed by atoms with Crippen molar-refractivity contribution in [1.29, 1.82) is 0 Å². The molecule has 2 rings (SSSR count). The van der Waals surface area contributed by atoms with Crippen LogP contribution in [-0.4, -0.2) is 5.71 Å². The number of benzene rings is 1. The Morgan fingerprint density at radius 3 is 2.15 bits per heavy atom. The number of rotatable bonds is 8. The van der Waals surface area contributed by atoms with E-state index in [0.29, 0.717) is 5.92 Å². The standard InChI is InChI=1S/C25H39NO/c1-9-11-20(12-10-2)19(4)27-26-18(3)21-13-14-22-23(17-21)25(7,8)16-15-24(22,5)6/h13-14,17,20H,4,9-12,15-16H2,1-3,5-8H3/b26-18+. The predicted octanol–water partition coefficient (Wildman–Crippen LogP) is 7.51. The highest BCUT2D eigenvalue weighted by atomic mass is 16.6. The molecule has 0 N–H and O–H groups in total. The van der Waals surface area contributed by atoms with Gasteiger partial charge in [-0.2, -0.15) is 0 Å². The zero-order valence-electron chi connectivity index (χ0n) is 18.6. The molecule has 2 heteroatoms. The minimum atomic E-state index is 0.207. The molecule has 0 heterocycles. The third kappa shape index (κ3) is 5.03. The van der Waals surface area contributed by atoms with Crippen molar-refractivity contribution in [2.45, 2.75) is 97.8 Å². The van der Waals surface area contributed by atoms with Crippen LogP contribution >= 0.6 is 0 Å². The fraction of sp³-hybridized carbons (Fsp3) is 0.640. The van der Waals surface area contributed by atoms with Gasteiger partial charge < -0.3 is 4.84 Å². The monoisotopic (exact) mass is 369 g/mol. The average molecular weight is 370 g/mol. The van der Waals surface area contributed by atoms with Crippen molar-refractivity contribution in [3.63, 3.8) is 0 Å². The SMILES string of the molecule is C=C(O/N=C(\C)c1ccc2c(c1)C(C)(C)CCC2(C)C)C(CCC)CCC. The predicted molar refractivity (Wildman–Crippen MR) is 117 cm³/mol. The smallest absolute Gasteiger partial charge is 0.131 e. The molecule has 1 aliphatic rings. The molecule has 0 atom stereocenters. The molecule has 150 valence electrons. The minimum absolute atomic E-state index is 0.207. The summed E-state index contributed by atoms with van der Waals surface area (Å²) in [7, 11) is 0. The minimum Gasteiger partial charge on any atom is -0.362 e. The summed E-state index contributed by atoms with van der Waals surface area (Å²) >= 11 is 0. The van der Waals surface area contributed by atoms with Gasteiger partial charge in [-0.25, -0.2) is 0 Å². The second-order valence-electron chi connectivity index (χ2n) is 9.54. The first-order valence-corrected chi connectivity index (χ1v) is 10.7. The van der Waals surface area contributed by atoms with Crippen LogP contribution in [0.2, 0.25) is 0 Å². The molecule has 0 radical (unpaired) electrons. The second-order valence-corrected chi connectivity index (χ2v) is 9.54. The van der Waals surface area contributed by atoms with Crippen molar-refractivity contribution in [2.24, 2.45) is 11.1 Å². The number of oxime groups is 1. The summed E-state index contributed by atoms with van der Waals surface area (Å²) in [5.41, 5.74) is 5.46. The Labute approximate surface area is 167 Å². The van der Waals surface area contributed by atoms with Crippen molar-refractivity contribution >= 4 is 5.71 Å². The van der Waals surface area contributed by atoms with E-state index in [9.17, 15) is 0 Å². The van der Waals surface area contributed by atoms with E-state index < -0.39 is 0 Å². The van der Waals surface area contributed by atoms with E-state index in [4.69, 9.17) is 4.84 Å². The number of fused-ring (bicyclic) bond motifs is 1. The van der Waals surface area contributed by atoms with E-state index in [0.717, 1.165) is 42.7 Å². The van der Waals surface area contributed by atoms with Gasteiger partial charge in [-0.3, -0.25) is 0 Å². The van der Waals surface area contributed by atoms with E-state index in [-0.39, 0.29) is 10.8 Å². The summed E-state index contributed by atoms with van der Waals surface area (Å²) in [4.78, 5) is 5.76. The van der Waals surface area contributed by atoms with Gasteiger partial charge in [-0.15, -0.1) is 0 Å². The second kappa shape index (κ2) is 8.63. The van der Waals surface area contributed by atoms with Crippen molar-refractivity contribution in [3.8, 4) is 0 Å². The fourth-order valence-electron chi connectivity index (χ4n) is 4.23. The van der Waals surface area contributed by atoms with Gasteiger partial charge in [-0.05, 0) is 66.2 Å². The lowest BCUT2D eigenvalue weighted by atomic mass is 9.63. The summed E-state index contributed by atoms with van der Waals surface area (Å²) in [5, 5.41) is 4.43. The van der Waals surface area contributed by atoms with E-state index in [1.807, 2.05) is 6.92 Å². The molecule has 27 heavy (non-hydrogen) atoms. The van der Waals surface area contributed by atoms with Gasteiger partial charge >= 0.3 is 0 Å². The maximum Gasteiger partial charge on any atom is 0.131 e. The quantitative estimate of drug-likeness (QED) is 0.264. The molecule has 1 aliphatic carbocycles. The lowest BCUT2D eigenvalue weighted by Crippen LogP contribution is -2.34. The Bertz CT molecular complexity index is 690. The highest BCUT2D eigenvalue weighted by molar-refractivity contribution is 5.98. The van der Waals surface area contributed by atoms with E-state index in [2.05, 4.69) is 71.5 Å². The first-order chi connectivity index (χ1) is 12.6. The summed E-state index contributed by atoms with van der Waals surface area (Å²) in [6, 6.07) is 6.83. The van der Waals surface area contributed by atoms with Crippen LogP contribution in [0, 0.1) is 5.92 Å². The fourth-order valence-corrected chi connectivity index (χ4v) is 4.23. The van der Waals surface area contributed by atoms with Crippen molar-refractivity contribution in [2.75, 3.05) is 0 Å². The summed E-state index contributed by atoms with van der Waals surface area (Å²) < 4.78 is 0. The zero-order valence-corrected chi connectivity index (χ0v) is 18.6. The molecule has 0 unspecified atom stereocenters. The maximum atomic E-state index is 5.76. The molecule has 0 aliphatic heterocycles. The van der Waals surface area contributed by atoms with Gasteiger partial charge in [0.15, 0.2) is 0 Å². The Balaban J connectivity index is 2.23. The third-order valence-electron chi connectivity index (χ3n) is 6.30. The van der Waals surface area contributed by atoms with Crippen LogP contribution in [0.15, 0.2) is 35.7 Å². The van der Waals surface area contributed by atoms with Crippen LogP contribution in [0.5, 0.6) is 0 Å². The summed E-state index contributed by atoms with van der Waals surface area (Å²) in [5.74, 6) is 1.21. The van der Waals surface area contributed by atoms with Gasteiger partial charge in [0.05, 0.1) is 5.71 Å². The van der Waals surface area contributed by atoms with Crippen molar-refractivity contribution in [1.82, 2.24) is 0 Å². The van der Waals surface area contributed by atoms with Crippen LogP contribution in [0.3, 0.4) is 0 Å². The van der Waals surface area contributed by atoms with Crippen LogP contribution < -0.4 is 0 Å². The molecule has 0 bridgehead atoms. The van der Waals surface area contributed by atoms with Crippen LogP contribution in [0.1, 0.15) is 104 Å². The van der Waals surface area contributed by atoms with Crippen molar-refractivity contribution in [3.05, 3.63) is 47.2 Å². The molecule has 0 saturated heterocycles. The Kier molecular flexibility index (Phi) is 6.94. The highest BCUT2D eigenvalue weighted by Crippen LogP contribution is 2.45. The first kappa shape index (κ1) is 21.7. The van der Waals surface area contributed by atoms with Gasteiger partial charge in [0.1, 0.15) is 5.76 Å².